The van der Waals surface area contributed by atoms with Crippen LogP contribution in [0.3, 0.4) is 0 Å². The molecule has 0 saturated heterocycles. The fraction of sp³-hybridized carbons (Fsp3) is 1.00. The second-order valence-corrected chi connectivity index (χ2v) is 5.62. The molecule has 0 spiro atoms. The van der Waals surface area contributed by atoms with Gasteiger partial charge in [0.15, 0.2) is 0 Å². The molecule has 0 aromatic heterocycles. The molecule has 66 valence electrons. The Hall–Kier alpha value is 0.690. The van der Waals surface area contributed by atoms with Crippen LogP contribution in [0.1, 0.15) is 39.0 Å². The highest BCUT2D eigenvalue weighted by Crippen LogP contribution is 2.30. The zero-order valence-electron chi connectivity index (χ0n) is 7.49. The van der Waals surface area contributed by atoms with E-state index in [4.69, 9.17) is 0 Å². The Morgan fingerprint density at radius 2 is 2.18 bits per heavy atom. The molecule has 0 radical (unpaired) electrons. The summed E-state index contributed by atoms with van der Waals surface area (Å²) in [5.74, 6) is 0. The van der Waals surface area contributed by atoms with Crippen LogP contribution < -0.4 is 5.32 Å². The number of hydrogen-bond donors (Lipinski definition) is 1. The van der Waals surface area contributed by atoms with Crippen molar-refractivity contribution in [1.29, 1.82) is 0 Å². The Balaban J connectivity index is 2.51. The lowest BCUT2D eigenvalue weighted by Crippen LogP contribution is -2.40. The number of hydrogen-bond acceptors (Lipinski definition) is 1. The molecule has 0 aromatic carbocycles. The van der Waals surface area contributed by atoms with Gasteiger partial charge in [0, 0.05) is 9.46 Å². The molecule has 0 aliphatic heterocycles. The third-order valence-corrected chi connectivity index (χ3v) is 3.83. The normalized spacial score (nSPS) is 40.1. The van der Waals surface area contributed by atoms with Crippen molar-refractivity contribution < 1.29 is 0 Å². The van der Waals surface area contributed by atoms with Gasteiger partial charge in [-0.2, -0.15) is 0 Å². The first-order valence-corrected chi connectivity index (χ1v) is 5.74. The second-order valence-electron chi connectivity index (χ2n) is 3.86. The zero-order chi connectivity index (χ0) is 8.32. The third kappa shape index (κ3) is 2.90. The van der Waals surface area contributed by atoms with Crippen LogP contribution in [-0.4, -0.2) is 16.5 Å². The Bertz CT molecular complexity index is 127. The van der Waals surface area contributed by atoms with Crippen LogP contribution >= 0.6 is 22.6 Å². The highest BCUT2D eigenvalue weighted by atomic mass is 127. The third-order valence-electron chi connectivity index (χ3n) is 2.77. The van der Waals surface area contributed by atoms with Gasteiger partial charge in [0.1, 0.15) is 0 Å². The molecule has 0 heterocycles. The average Bonchev–Trinajstić information content (AvgIpc) is 2.13. The van der Waals surface area contributed by atoms with Crippen molar-refractivity contribution in [3.63, 3.8) is 0 Å². The highest BCUT2D eigenvalue weighted by Gasteiger charge is 2.27. The molecule has 2 heteroatoms. The average molecular weight is 267 g/mol. The van der Waals surface area contributed by atoms with Crippen LogP contribution in [0.25, 0.3) is 0 Å². The van der Waals surface area contributed by atoms with E-state index < -0.39 is 0 Å². The van der Waals surface area contributed by atoms with E-state index >= 15 is 0 Å². The first-order chi connectivity index (χ1) is 5.16. The predicted molar refractivity (Wildman–Crippen MR) is 58.4 cm³/mol. The molecule has 1 saturated carbocycles. The standard InChI is InChI=1S/C9H18IN/c1-9(11-2)6-4-3-5-8(10)7-9/h8,11H,3-7H2,1-2H3. The van der Waals surface area contributed by atoms with Gasteiger partial charge in [0.2, 0.25) is 0 Å². The van der Waals surface area contributed by atoms with Gasteiger partial charge in [0.25, 0.3) is 0 Å². The Labute approximate surface area is 83.5 Å². The van der Waals surface area contributed by atoms with Crippen LogP contribution in [-0.2, 0) is 0 Å². The van der Waals surface area contributed by atoms with E-state index in [2.05, 4.69) is 41.9 Å². The number of rotatable bonds is 1. The lowest BCUT2D eigenvalue weighted by atomic mass is 9.93. The molecule has 0 amide bonds. The molecule has 11 heavy (non-hydrogen) atoms. The number of nitrogens with one attached hydrogen (secondary N) is 1. The topological polar surface area (TPSA) is 12.0 Å². The molecular formula is C9H18IN. The lowest BCUT2D eigenvalue weighted by Gasteiger charge is -2.28. The summed E-state index contributed by atoms with van der Waals surface area (Å²) in [6, 6.07) is 0. The summed E-state index contributed by atoms with van der Waals surface area (Å²) in [4.78, 5) is 0. The van der Waals surface area contributed by atoms with E-state index in [1.807, 2.05) is 0 Å². The summed E-state index contributed by atoms with van der Waals surface area (Å²) in [7, 11) is 2.09. The molecule has 1 aliphatic carbocycles. The summed E-state index contributed by atoms with van der Waals surface area (Å²) >= 11 is 2.59. The smallest absolute Gasteiger partial charge is 0.0160 e. The number of alkyl halides is 1. The van der Waals surface area contributed by atoms with E-state index in [0.29, 0.717) is 5.54 Å². The molecular weight excluding hydrogens is 249 g/mol. The Kier molecular flexibility index (Phi) is 3.62. The maximum atomic E-state index is 3.45. The Morgan fingerprint density at radius 1 is 1.45 bits per heavy atom. The van der Waals surface area contributed by atoms with Crippen molar-refractivity contribution >= 4 is 22.6 Å². The van der Waals surface area contributed by atoms with E-state index in [1.54, 1.807) is 0 Å². The molecule has 1 nitrogen and oxygen atoms in total. The Morgan fingerprint density at radius 3 is 2.82 bits per heavy atom. The van der Waals surface area contributed by atoms with Gasteiger partial charge >= 0.3 is 0 Å². The van der Waals surface area contributed by atoms with Crippen molar-refractivity contribution in [3.8, 4) is 0 Å². The van der Waals surface area contributed by atoms with Gasteiger partial charge in [0.05, 0.1) is 0 Å². The van der Waals surface area contributed by atoms with Crippen molar-refractivity contribution in [3.05, 3.63) is 0 Å². The van der Waals surface area contributed by atoms with E-state index in [0.717, 1.165) is 3.92 Å². The van der Waals surface area contributed by atoms with Crippen LogP contribution in [0.15, 0.2) is 0 Å². The van der Waals surface area contributed by atoms with Gasteiger partial charge in [-0.1, -0.05) is 35.4 Å². The van der Waals surface area contributed by atoms with Gasteiger partial charge in [-0.15, -0.1) is 0 Å². The van der Waals surface area contributed by atoms with Gasteiger partial charge < -0.3 is 5.32 Å². The summed E-state index contributed by atoms with van der Waals surface area (Å²) in [5, 5.41) is 3.45. The second kappa shape index (κ2) is 4.08. The zero-order valence-corrected chi connectivity index (χ0v) is 9.65. The highest BCUT2D eigenvalue weighted by molar-refractivity contribution is 14.1. The van der Waals surface area contributed by atoms with Crippen molar-refractivity contribution in [2.75, 3.05) is 7.05 Å². The van der Waals surface area contributed by atoms with Crippen molar-refractivity contribution in [2.24, 2.45) is 0 Å². The molecule has 0 aromatic rings. The first-order valence-electron chi connectivity index (χ1n) is 4.49. The van der Waals surface area contributed by atoms with Crippen LogP contribution in [0.4, 0.5) is 0 Å². The summed E-state index contributed by atoms with van der Waals surface area (Å²) in [5.41, 5.74) is 0.419. The van der Waals surface area contributed by atoms with Crippen LogP contribution in [0.5, 0.6) is 0 Å². The maximum absolute atomic E-state index is 3.45. The monoisotopic (exact) mass is 267 g/mol. The van der Waals surface area contributed by atoms with E-state index in [1.165, 1.54) is 32.1 Å². The maximum Gasteiger partial charge on any atom is 0.0160 e. The summed E-state index contributed by atoms with van der Waals surface area (Å²) in [6.45, 7) is 2.35. The predicted octanol–water partition coefficient (Wildman–Crippen LogP) is 2.73. The number of halogens is 1. The van der Waals surface area contributed by atoms with E-state index in [9.17, 15) is 0 Å². The van der Waals surface area contributed by atoms with Crippen LogP contribution in [0.2, 0.25) is 0 Å². The van der Waals surface area contributed by atoms with Gasteiger partial charge in [-0.05, 0) is 33.2 Å². The molecule has 1 N–H and O–H groups in total. The van der Waals surface area contributed by atoms with Crippen molar-refractivity contribution in [1.82, 2.24) is 5.32 Å². The SMILES string of the molecule is CNC1(C)CCCCC(I)C1. The molecule has 1 fully saturated rings. The largest absolute Gasteiger partial charge is 0.314 e. The minimum Gasteiger partial charge on any atom is -0.314 e. The molecule has 2 atom stereocenters. The molecule has 2 unspecified atom stereocenters. The van der Waals surface area contributed by atoms with E-state index in [-0.39, 0.29) is 0 Å². The first kappa shape index (κ1) is 9.78. The quantitative estimate of drug-likeness (QED) is 0.437. The molecule has 0 bridgehead atoms. The summed E-state index contributed by atoms with van der Waals surface area (Å²) < 4.78 is 0.882. The lowest BCUT2D eigenvalue weighted by molar-refractivity contribution is 0.343. The molecule has 1 aliphatic rings. The minimum atomic E-state index is 0.419. The van der Waals surface area contributed by atoms with Crippen LogP contribution in [0, 0.1) is 0 Å². The molecule has 1 rings (SSSR count). The van der Waals surface area contributed by atoms with Crippen molar-refractivity contribution in [2.45, 2.75) is 48.5 Å². The summed E-state index contributed by atoms with van der Waals surface area (Å²) in [6.07, 6.45) is 6.92. The van der Waals surface area contributed by atoms with Gasteiger partial charge in [-0.3, -0.25) is 0 Å². The van der Waals surface area contributed by atoms with Gasteiger partial charge in [-0.25, -0.2) is 0 Å². The fourth-order valence-electron chi connectivity index (χ4n) is 1.80. The minimum absolute atomic E-state index is 0.419. The fourth-order valence-corrected chi connectivity index (χ4v) is 3.21.